The zero-order chi connectivity index (χ0) is 14.4. The second-order valence-corrected chi connectivity index (χ2v) is 3.82. The summed E-state index contributed by atoms with van der Waals surface area (Å²) in [5.41, 5.74) is 2.42. The summed E-state index contributed by atoms with van der Waals surface area (Å²) in [4.78, 5) is 20.2. The molecule has 0 aromatic carbocycles. The van der Waals surface area contributed by atoms with Crippen molar-refractivity contribution in [1.82, 2.24) is 9.97 Å². The third kappa shape index (κ3) is 3.73. The molecule has 0 fully saturated rings. The van der Waals surface area contributed by atoms with E-state index in [2.05, 4.69) is 15.4 Å². The van der Waals surface area contributed by atoms with Crippen LogP contribution in [0.25, 0.3) is 0 Å². The number of ether oxygens (including phenoxy) is 1. The Hall–Kier alpha value is -2.00. The normalized spacial score (nSPS) is 10.3. The molecule has 1 rings (SSSR count). The van der Waals surface area contributed by atoms with Gasteiger partial charge in [0.15, 0.2) is 0 Å². The fourth-order valence-electron chi connectivity index (χ4n) is 1.55. The molecule has 9 heteroatoms. The molecule has 19 heavy (non-hydrogen) atoms. The van der Waals surface area contributed by atoms with Gasteiger partial charge in [-0.15, -0.1) is 0 Å². The second kappa shape index (κ2) is 6.81. The average Bonchev–Trinajstić information content (AvgIpc) is 2.37. The number of nitrogen functional groups attached to an aromatic ring is 1. The van der Waals surface area contributed by atoms with Gasteiger partial charge in [-0.25, -0.2) is 10.8 Å². The molecule has 1 heterocycles. The summed E-state index contributed by atoms with van der Waals surface area (Å²) in [5, 5.41) is 11.1. The third-order valence-corrected chi connectivity index (χ3v) is 2.49. The Morgan fingerprint density at radius 1 is 1.53 bits per heavy atom. The first-order chi connectivity index (χ1) is 9.01. The minimum Gasteiger partial charge on any atom is -0.380 e. The monoisotopic (exact) mass is 270 g/mol. The number of nitro groups is 1. The van der Waals surface area contributed by atoms with Crippen LogP contribution >= 0.6 is 0 Å². The Bertz CT molecular complexity index is 453. The largest absolute Gasteiger partial charge is 0.380 e. The van der Waals surface area contributed by atoms with Crippen LogP contribution in [0.2, 0.25) is 0 Å². The van der Waals surface area contributed by atoms with Crippen molar-refractivity contribution >= 4 is 17.5 Å². The van der Waals surface area contributed by atoms with E-state index < -0.39 is 4.92 Å². The SMILES string of the molecule is CCOCCN(C)c1nc(NN)nc(C)c1[N+](=O)[O-]. The highest BCUT2D eigenvalue weighted by Gasteiger charge is 2.24. The predicted molar refractivity (Wildman–Crippen MR) is 71.0 cm³/mol. The molecule has 0 saturated heterocycles. The van der Waals surface area contributed by atoms with E-state index in [4.69, 9.17) is 10.6 Å². The van der Waals surface area contributed by atoms with Crippen LogP contribution in [-0.4, -0.2) is 41.7 Å². The van der Waals surface area contributed by atoms with Gasteiger partial charge in [0.2, 0.25) is 11.8 Å². The second-order valence-electron chi connectivity index (χ2n) is 3.82. The summed E-state index contributed by atoms with van der Waals surface area (Å²) in [6, 6.07) is 0. The molecular weight excluding hydrogens is 252 g/mol. The zero-order valence-electron chi connectivity index (χ0n) is 11.2. The number of hydrogen-bond acceptors (Lipinski definition) is 8. The first kappa shape index (κ1) is 15.1. The van der Waals surface area contributed by atoms with Crippen LogP contribution in [0.15, 0.2) is 0 Å². The van der Waals surface area contributed by atoms with Crippen molar-refractivity contribution in [2.75, 3.05) is 37.1 Å². The summed E-state index contributed by atoms with van der Waals surface area (Å²) in [6.07, 6.45) is 0. The molecule has 1 aromatic rings. The lowest BCUT2D eigenvalue weighted by molar-refractivity contribution is -0.385. The van der Waals surface area contributed by atoms with Crippen molar-refractivity contribution < 1.29 is 9.66 Å². The first-order valence-corrected chi connectivity index (χ1v) is 5.79. The molecule has 0 aliphatic rings. The van der Waals surface area contributed by atoms with Gasteiger partial charge in [0.1, 0.15) is 5.69 Å². The predicted octanol–water partition coefficient (Wildman–Crippen LogP) is 0.452. The summed E-state index contributed by atoms with van der Waals surface area (Å²) >= 11 is 0. The van der Waals surface area contributed by atoms with Gasteiger partial charge in [0, 0.05) is 20.2 Å². The maximum absolute atomic E-state index is 11.1. The van der Waals surface area contributed by atoms with Gasteiger partial charge in [-0.2, -0.15) is 4.98 Å². The highest BCUT2D eigenvalue weighted by Crippen LogP contribution is 2.28. The molecular formula is C10H18N6O3. The van der Waals surface area contributed by atoms with Crippen molar-refractivity contribution in [3.05, 3.63) is 15.8 Å². The van der Waals surface area contributed by atoms with Crippen LogP contribution in [0.1, 0.15) is 12.6 Å². The molecule has 0 bridgehead atoms. The quantitative estimate of drug-likeness (QED) is 0.317. The summed E-state index contributed by atoms with van der Waals surface area (Å²) in [6.45, 7) is 4.95. The maximum atomic E-state index is 11.1. The molecule has 0 saturated carbocycles. The molecule has 0 aliphatic heterocycles. The number of anilines is 2. The van der Waals surface area contributed by atoms with E-state index in [0.717, 1.165) is 0 Å². The van der Waals surface area contributed by atoms with E-state index in [-0.39, 0.29) is 23.1 Å². The van der Waals surface area contributed by atoms with Crippen molar-refractivity contribution in [2.45, 2.75) is 13.8 Å². The number of hydrogen-bond donors (Lipinski definition) is 2. The van der Waals surface area contributed by atoms with Gasteiger partial charge < -0.3 is 9.64 Å². The molecule has 0 atom stereocenters. The lowest BCUT2D eigenvalue weighted by Gasteiger charge is -2.18. The Kier molecular flexibility index (Phi) is 5.39. The number of nitrogens with one attached hydrogen (secondary N) is 1. The molecule has 0 spiro atoms. The van der Waals surface area contributed by atoms with Crippen molar-refractivity contribution in [1.29, 1.82) is 0 Å². The molecule has 0 amide bonds. The van der Waals surface area contributed by atoms with Crippen LogP contribution in [0, 0.1) is 17.0 Å². The maximum Gasteiger partial charge on any atom is 0.332 e. The Morgan fingerprint density at radius 2 is 2.21 bits per heavy atom. The number of hydrazine groups is 1. The standard InChI is InChI=1S/C10H18N6O3/c1-4-19-6-5-15(3)9-8(16(17)18)7(2)12-10(13-9)14-11/h4-6,11H2,1-3H3,(H,12,13,14). The minimum atomic E-state index is -0.498. The first-order valence-electron chi connectivity index (χ1n) is 5.79. The molecule has 9 nitrogen and oxygen atoms in total. The van der Waals surface area contributed by atoms with Crippen molar-refractivity contribution in [2.24, 2.45) is 5.84 Å². The fraction of sp³-hybridized carbons (Fsp3) is 0.600. The van der Waals surface area contributed by atoms with Gasteiger partial charge in [0.05, 0.1) is 11.5 Å². The summed E-state index contributed by atoms with van der Waals surface area (Å²) in [5.74, 6) is 5.60. The summed E-state index contributed by atoms with van der Waals surface area (Å²) < 4.78 is 5.22. The Labute approximate surface area is 110 Å². The van der Waals surface area contributed by atoms with Crippen molar-refractivity contribution in [3.8, 4) is 0 Å². The van der Waals surface area contributed by atoms with Crippen molar-refractivity contribution in [3.63, 3.8) is 0 Å². The number of likely N-dealkylation sites (N-methyl/N-ethyl adjacent to an activating group) is 1. The number of aryl methyl sites for hydroxylation is 1. The third-order valence-electron chi connectivity index (χ3n) is 2.49. The molecule has 3 N–H and O–H groups in total. The Balaban J connectivity index is 3.07. The van der Waals surface area contributed by atoms with Gasteiger partial charge in [-0.05, 0) is 13.8 Å². The van der Waals surface area contributed by atoms with E-state index in [1.165, 1.54) is 0 Å². The lowest BCUT2D eigenvalue weighted by atomic mass is 10.3. The number of aromatic nitrogens is 2. The van der Waals surface area contributed by atoms with Crippen LogP contribution in [0.5, 0.6) is 0 Å². The molecule has 0 aliphatic carbocycles. The molecule has 1 aromatic heterocycles. The molecule has 0 radical (unpaired) electrons. The zero-order valence-corrected chi connectivity index (χ0v) is 11.2. The van der Waals surface area contributed by atoms with Crippen LogP contribution in [-0.2, 0) is 4.74 Å². The Morgan fingerprint density at radius 3 is 2.74 bits per heavy atom. The van der Waals surface area contributed by atoms with Gasteiger partial charge in [0.25, 0.3) is 0 Å². The van der Waals surface area contributed by atoms with E-state index >= 15 is 0 Å². The van der Waals surface area contributed by atoms with Crippen LogP contribution in [0.4, 0.5) is 17.5 Å². The molecule has 0 unspecified atom stereocenters. The topological polar surface area (TPSA) is 119 Å². The average molecular weight is 270 g/mol. The van der Waals surface area contributed by atoms with E-state index in [1.54, 1.807) is 18.9 Å². The van der Waals surface area contributed by atoms with Gasteiger partial charge in [-0.3, -0.25) is 15.5 Å². The number of nitrogens with zero attached hydrogens (tertiary/aromatic N) is 4. The number of rotatable bonds is 7. The lowest BCUT2D eigenvalue weighted by Crippen LogP contribution is -2.26. The summed E-state index contributed by atoms with van der Waals surface area (Å²) in [7, 11) is 1.70. The number of nitrogens with two attached hydrogens (primary N) is 1. The van der Waals surface area contributed by atoms with E-state index in [9.17, 15) is 10.1 Å². The smallest absolute Gasteiger partial charge is 0.332 e. The highest BCUT2D eigenvalue weighted by atomic mass is 16.6. The van der Waals surface area contributed by atoms with E-state index in [0.29, 0.717) is 19.8 Å². The molecule has 106 valence electrons. The minimum absolute atomic E-state index is 0.127. The highest BCUT2D eigenvalue weighted by molar-refractivity contribution is 5.61. The van der Waals surface area contributed by atoms with Gasteiger partial charge >= 0.3 is 5.69 Å². The van der Waals surface area contributed by atoms with Gasteiger partial charge in [-0.1, -0.05) is 0 Å². The van der Waals surface area contributed by atoms with Crippen LogP contribution < -0.4 is 16.2 Å². The fourth-order valence-corrected chi connectivity index (χ4v) is 1.55. The van der Waals surface area contributed by atoms with E-state index in [1.807, 2.05) is 6.92 Å². The van der Waals surface area contributed by atoms with Crippen LogP contribution in [0.3, 0.4) is 0 Å².